The second-order valence-electron chi connectivity index (χ2n) is 6.61. The topological polar surface area (TPSA) is 41.6 Å². The molecule has 0 aromatic heterocycles. The number of ether oxygens (including phenoxy) is 1. The highest BCUT2D eigenvalue weighted by Gasteiger charge is 2.37. The van der Waals surface area contributed by atoms with Crippen molar-refractivity contribution in [3.63, 3.8) is 0 Å². The van der Waals surface area contributed by atoms with Crippen molar-refractivity contribution < 1.29 is 9.53 Å². The largest absolute Gasteiger partial charge is 0.444 e. The van der Waals surface area contributed by atoms with Crippen LogP contribution in [0.4, 0.5) is 4.79 Å². The maximum atomic E-state index is 11.8. The van der Waals surface area contributed by atoms with Crippen LogP contribution in [0.5, 0.6) is 0 Å². The van der Waals surface area contributed by atoms with Crippen LogP contribution in [0.25, 0.3) is 0 Å². The first-order valence-electron chi connectivity index (χ1n) is 7.14. The van der Waals surface area contributed by atoms with E-state index in [1.54, 1.807) is 0 Å². The van der Waals surface area contributed by atoms with Crippen molar-refractivity contribution in [3.8, 4) is 0 Å². The number of amides is 1. The Morgan fingerprint density at radius 2 is 1.94 bits per heavy atom. The maximum Gasteiger partial charge on any atom is 0.410 e. The van der Waals surface area contributed by atoms with Gasteiger partial charge in [-0.05, 0) is 58.5 Å². The van der Waals surface area contributed by atoms with Gasteiger partial charge in [-0.2, -0.15) is 0 Å². The standard InChI is InChI=1S/C14H26N2O2/c1-14(2,3)18-13(17)16-9-12(10-16)11-6-4-5-7-15-8-11/h11-12,15H,4-10H2,1-3H3. The molecule has 0 aliphatic carbocycles. The Bertz CT molecular complexity index is 285. The van der Waals surface area contributed by atoms with Crippen molar-refractivity contribution in [3.05, 3.63) is 0 Å². The molecule has 2 aliphatic heterocycles. The molecule has 0 spiro atoms. The molecule has 1 N–H and O–H groups in total. The van der Waals surface area contributed by atoms with Gasteiger partial charge in [-0.15, -0.1) is 0 Å². The minimum absolute atomic E-state index is 0.152. The first kappa shape index (κ1) is 13.7. The summed E-state index contributed by atoms with van der Waals surface area (Å²) in [7, 11) is 0. The summed E-state index contributed by atoms with van der Waals surface area (Å²) in [4.78, 5) is 13.7. The summed E-state index contributed by atoms with van der Waals surface area (Å²) in [5, 5.41) is 3.49. The summed E-state index contributed by atoms with van der Waals surface area (Å²) in [6.07, 6.45) is 3.76. The van der Waals surface area contributed by atoms with Gasteiger partial charge < -0.3 is 15.0 Å². The predicted molar refractivity (Wildman–Crippen MR) is 71.5 cm³/mol. The third kappa shape index (κ3) is 3.61. The molecule has 4 heteroatoms. The highest BCUT2D eigenvalue weighted by atomic mass is 16.6. The van der Waals surface area contributed by atoms with Gasteiger partial charge in [0.1, 0.15) is 5.60 Å². The van der Waals surface area contributed by atoms with Gasteiger partial charge in [0.15, 0.2) is 0 Å². The number of hydrogen-bond acceptors (Lipinski definition) is 3. The molecule has 18 heavy (non-hydrogen) atoms. The highest BCUT2D eigenvalue weighted by molar-refractivity contribution is 5.69. The van der Waals surface area contributed by atoms with Crippen LogP contribution in [-0.4, -0.2) is 42.8 Å². The molecule has 2 heterocycles. The molecule has 0 radical (unpaired) electrons. The van der Waals surface area contributed by atoms with E-state index in [0.717, 1.165) is 32.1 Å². The Kier molecular flexibility index (Phi) is 4.15. The van der Waals surface area contributed by atoms with E-state index in [-0.39, 0.29) is 11.7 Å². The van der Waals surface area contributed by atoms with Crippen LogP contribution in [0.2, 0.25) is 0 Å². The molecule has 0 saturated carbocycles. The third-order valence-electron chi connectivity index (χ3n) is 3.81. The average Bonchev–Trinajstić information content (AvgIpc) is 2.41. The molecule has 2 saturated heterocycles. The second kappa shape index (κ2) is 5.47. The molecule has 0 aromatic carbocycles. The van der Waals surface area contributed by atoms with Gasteiger partial charge in [0.2, 0.25) is 0 Å². The molecule has 104 valence electrons. The molecule has 2 rings (SSSR count). The van der Waals surface area contributed by atoms with Crippen molar-refractivity contribution in [1.82, 2.24) is 10.2 Å². The first-order chi connectivity index (χ1) is 8.46. The van der Waals surface area contributed by atoms with E-state index in [9.17, 15) is 4.79 Å². The molecular formula is C14H26N2O2. The molecular weight excluding hydrogens is 228 g/mol. The van der Waals surface area contributed by atoms with Crippen molar-refractivity contribution >= 4 is 6.09 Å². The van der Waals surface area contributed by atoms with E-state index in [1.165, 1.54) is 19.3 Å². The molecule has 2 aliphatic rings. The Morgan fingerprint density at radius 3 is 2.61 bits per heavy atom. The zero-order valence-electron chi connectivity index (χ0n) is 11.9. The molecule has 0 bridgehead atoms. The minimum atomic E-state index is -0.383. The van der Waals surface area contributed by atoms with Crippen LogP contribution >= 0.6 is 0 Å². The lowest BCUT2D eigenvalue weighted by Crippen LogP contribution is -2.55. The van der Waals surface area contributed by atoms with Crippen LogP contribution in [0, 0.1) is 11.8 Å². The second-order valence-corrected chi connectivity index (χ2v) is 6.61. The normalized spacial score (nSPS) is 26.4. The SMILES string of the molecule is CC(C)(C)OC(=O)N1CC(C2CCCCNC2)C1. The van der Waals surface area contributed by atoms with E-state index in [1.807, 2.05) is 25.7 Å². The third-order valence-corrected chi connectivity index (χ3v) is 3.81. The fourth-order valence-corrected chi connectivity index (χ4v) is 2.73. The van der Waals surface area contributed by atoms with Crippen LogP contribution in [0.3, 0.4) is 0 Å². The highest BCUT2D eigenvalue weighted by Crippen LogP contribution is 2.29. The van der Waals surface area contributed by atoms with Gasteiger partial charge in [0, 0.05) is 13.1 Å². The molecule has 0 aromatic rings. The summed E-state index contributed by atoms with van der Waals surface area (Å²) < 4.78 is 5.37. The van der Waals surface area contributed by atoms with Gasteiger partial charge in [-0.3, -0.25) is 0 Å². The number of carbonyl (C=O) groups is 1. The summed E-state index contributed by atoms with van der Waals surface area (Å²) >= 11 is 0. The van der Waals surface area contributed by atoms with E-state index >= 15 is 0 Å². The zero-order valence-corrected chi connectivity index (χ0v) is 11.9. The van der Waals surface area contributed by atoms with E-state index in [4.69, 9.17) is 4.74 Å². The number of nitrogens with zero attached hydrogens (tertiary/aromatic N) is 1. The van der Waals surface area contributed by atoms with Gasteiger partial charge in [-0.25, -0.2) is 4.79 Å². The van der Waals surface area contributed by atoms with Crippen LogP contribution in [0.1, 0.15) is 40.0 Å². The maximum absolute atomic E-state index is 11.8. The number of likely N-dealkylation sites (tertiary alicyclic amines) is 1. The first-order valence-corrected chi connectivity index (χ1v) is 7.14. The fraction of sp³-hybridized carbons (Fsp3) is 0.929. The zero-order chi connectivity index (χ0) is 13.2. The summed E-state index contributed by atoms with van der Waals surface area (Å²) in [5.41, 5.74) is -0.383. The monoisotopic (exact) mass is 254 g/mol. The van der Waals surface area contributed by atoms with Crippen LogP contribution in [-0.2, 0) is 4.74 Å². The Morgan fingerprint density at radius 1 is 1.22 bits per heavy atom. The molecule has 4 nitrogen and oxygen atoms in total. The van der Waals surface area contributed by atoms with Gasteiger partial charge in [0.25, 0.3) is 0 Å². The lowest BCUT2D eigenvalue weighted by atomic mass is 9.83. The number of carbonyl (C=O) groups excluding carboxylic acids is 1. The Balaban J connectivity index is 1.74. The molecule has 1 atom stereocenters. The molecule has 1 unspecified atom stereocenters. The number of rotatable bonds is 1. The van der Waals surface area contributed by atoms with Gasteiger partial charge >= 0.3 is 6.09 Å². The predicted octanol–water partition coefficient (Wildman–Crippen LogP) is 2.24. The van der Waals surface area contributed by atoms with E-state index < -0.39 is 0 Å². The summed E-state index contributed by atoms with van der Waals surface area (Å²) in [5.74, 6) is 1.41. The van der Waals surface area contributed by atoms with Crippen molar-refractivity contribution in [1.29, 1.82) is 0 Å². The Labute approximate surface area is 110 Å². The number of hydrogen-bond donors (Lipinski definition) is 1. The quantitative estimate of drug-likeness (QED) is 0.780. The van der Waals surface area contributed by atoms with Crippen LogP contribution in [0.15, 0.2) is 0 Å². The smallest absolute Gasteiger partial charge is 0.410 e. The number of nitrogens with one attached hydrogen (secondary N) is 1. The van der Waals surface area contributed by atoms with Crippen molar-refractivity contribution in [2.24, 2.45) is 11.8 Å². The Hall–Kier alpha value is -0.770. The molecule has 1 amide bonds. The van der Waals surface area contributed by atoms with Crippen LogP contribution < -0.4 is 5.32 Å². The fourth-order valence-electron chi connectivity index (χ4n) is 2.73. The van der Waals surface area contributed by atoms with Gasteiger partial charge in [-0.1, -0.05) is 6.42 Å². The van der Waals surface area contributed by atoms with E-state index in [2.05, 4.69) is 5.32 Å². The lowest BCUT2D eigenvalue weighted by molar-refractivity contribution is -0.0112. The van der Waals surface area contributed by atoms with Gasteiger partial charge in [0.05, 0.1) is 0 Å². The summed E-state index contributed by atoms with van der Waals surface area (Å²) in [6.45, 7) is 9.76. The van der Waals surface area contributed by atoms with Crippen molar-refractivity contribution in [2.45, 2.75) is 45.6 Å². The average molecular weight is 254 g/mol. The van der Waals surface area contributed by atoms with Crippen molar-refractivity contribution in [2.75, 3.05) is 26.2 Å². The minimum Gasteiger partial charge on any atom is -0.444 e. The summed E-state index contributed by atoms with van der Waals surface area (Å²) in [6, 6.07) is 0. The lowest BCUT2D eigenvalue weighted by Gasteiger charge is -2.43. The van der Waals surface area contributed by atoms with E-state index in [0.29, 0.717) is 5.92 Å². The molecule has 2 fully saturated rings.